The van der Waals surface area contributed by atoms with E-state index in [0.29, 0.717) is 19.4 Å². The molecule has 1 aliphatic rings. The third-order valence-corrected chi connectivity index (χ3v) is 4.38. The molecule has 0 saturated carbocycles. The zero-order chi connectivity index (χ0) is 15.4. The van der Waals surface area contributed by atoms with Gasteiger partial charge in [0.2, 0.25) is 0 Å². The van der Waals surface area contributed by atoms with Crippen LogP contribution < -0.4 is 4.74 Å². The molecule has 0 bridgehead atoms. The molecule has 0 aliphatic carbocycles. The maximum atomic E-state index is 11.0. The fraction of sp³-hybridized carbons (Fsp3) is 0.562. The largest absolute Gasteiger partial charge is 0.494 e. The number of aryl methyl sites for hydroxylation is 1. The quantitative estimate of drug-likeness (QED) is 0.906. The topological polar surface area (TPSA) is 49.8 Å². The van der Waals surface area contributed by atoms with Gasteiger partial charge in [0.1, 0.15) is 5.75 Å². The molecule has 0 spiro atoms. The van der Waals surface area contributed by atoms with Crippen LogP contribution in [0.5, 0.6) is 5.75 Å². The van der Waals surface area contributed by atoms with Crippen molar-refractivity contribution >= 4 is 17.6 Å². The van der Waals surface area contributed by atoms with Crippen molar-refractivity contribution in [2.45, 2.75) is 33.2 Å². The van der Waals surface area contributed by atoms with Crippen LogP contribution in [-0.2, 0) is 11.3 Å². The van der Waals surface area contributed by atoms with Gasteiger partial charge in [-0.1, -0.05) is 11.6 Å². The van der Waals surface area contributed by atoms with Gasteiger partial charge >= 0.3 is 5.97 Å². The van der Waals surface area contributed by atoms with E-state index in [9.17, 15) is 4.79 Å². The highest BCUT2D eigenvalue weighted by Gasteiger charge is 2.25. The van der Waals surface area contributed by atoms with Crippen LogP contribution in [0.3, 0.4) is 0 Å². The number of aliphatic carboxylic acids is 1. The Morgan fingerprint density at radius 1 is 1.43 bits per heavy atom. The van der Waals surface area contributed by atoms with Crippen LogP contribution in [0.2, 0.25) is 5.02 Å². The molecule has 0 aromatic heterocycles. The second kappa shape index (κ2) is 7.14. The molecule has 0 amide bonds. The summed E-state index contributed by atoms with van der Waals surface area (Å²) in [7, 11) is 0. The summed E-state index contributed by atoms with van der Waals surface area (Å²) >= 11 is 6.22. The molecule has 1 aromatic carbocycles. The number of hydrogen-bond donors (Lipinski definition) is 1. The monoisotopic (exact) mass is 311 g/mol. The van der Waals surface area contributed by atoms with Crippen LogP contribution in [0, 0.1) is 12.8 Å². The smallest absolute Gasteiger partial charge is 0.306 e. The molecular formula is C16H22ClNO3. The predicted octanol–water partition coefficient (Wildman–Crippen LogP) is 3.34. The van der Waals surface area contributed by atoms with E-state index in [1.807, 2.05) is 26.0 Å². The molecular weight excluding hydrogens is 290 g/mol. The predicted molar refractivity (Wildman–Crippen MR) is 83.0 cm³/mol. The molecule has 0 radical (unpaired) electrons. The van der Waals surface area contributed by atoms with E-state index in [1.54, 1.807) is 0 Å². The Balaban J connectivity index is 2.06. The summed E-state index contributed by atoms with van der Waals surface area (Å²) in [5.74, 6) is -0.00277. The van der Waals surface area contributed by atoms with Gasteiger partial charge in [0.15, 0.2) is 0 Å². The Bertz CT molecular complexity index is 510. The second-order valence-electron chi connectivity index (χ2n) is 5.53. The van der Waals surface area contributed by atoms with Gasteiger partial charge in [-0.05, 0) is 57.5 Å². The Hall–Kier alpha value is -1.26. The van der Waals surface area contributed by atoms with Crippen molar-refractivity contribution in [2.75, 3.05) is 19.7 Å². The van der Waals surface area contributed by atoms with Crippen molar-refractivity contribution in [3.63, 3.8) is 0 Å². The number of nitrogens with zero attached hydrogens (tertiary/aromatic N) is 1. The van der Waals surface area contributed by atoms with E-state index in [-0.39, 0.29) is 5.92 Å². The number of carbonyl (C=O) groups is 1. The number of benzene rings is 1. The number of ether oxygens (including phenoxy) is 1. The molecule has 2 rings (SSSR count). The van der Waals surface area contributed by atoms with Crippen molar-refractivity contribution < 1.29 is 14.6 Å². The van der Waals surface area contributed by atoms with Gasteiger partial charge in [0.05, 0.1) is 12.5 Å². The number of likely N-dealkylation sites (tertiary alicyclic amines) is 1. The summed E-state index contributed by atoms with van der Waals surface area (Å²) in [6.45, 7) is 6.90. The lowest BCUT2D eigenvalue weighted by Crippen LogP contribution is -2.35. The first-order valence-corrected chi connectivity index (χ1v) is 7.76. The Morgan fingerprint density at radius 3 is 2.67 bits per heavy atom. The molecule has 1 fully saturated rings. The van der Waals surface area contributed by atoms with Crippen LogP contribution in [0.1, 0.15) is 30.9 Å². The molecule has 4 nitrogen and oxygen atoms in total. The molecule has 116 valence electrons. The highest BCUT2D eigenvalue weighted by Crippen LogP contribution is 2.29. The SMILES string of the molecule is CCOc1cc(C)c(Cl)cc1CN1CCC(C(=O)O)CC1. The zero-order valence-corrected chi connectivity index (χ0v) is 13.3. The lowest BCUT2D eigenvalue weighted by Gasteiger charge is -2.30. The first-order valence-electron chi connectivity index (χ1n) is 7.38. The summed E-state index contributed by atoms with van der Waals surface area (Å²) in [4.78, 5) is 13.3. The van der Waals surface area contributed by atoms with Crippen molar-refractivity contribution in [3.05, 3.63) is 28.3 Å². The van der Waals surface area contributed by atoms with Gasteiger partial charge in [-0.15, -0.1) is 0 Å². The standard InChI is InChI=1S/C16H22ClNO3/c1-3-21-15-8-11(2)14(17)9-13(15)10-18-6-4-12(5-7-18)16(19)20/h8-9,12H,3-7,10H2,1-2H3,(H,19,20). The van der Waals surface area contributed by atoms with Gasteiger partial charge < -0.3 is 9.84 Å². The normalized spacial score (nSPS) is 16.9. The molecule has 1 aliphatic heterocycles. The van der Waals surface area contributed by atoms with Crippen LogP contribution in [0.15, 0.2) is 12.1 Å². The first kappa shape index (κ1) is 16.1. The summed E-state index contributed by atoms with van der Waals surface area (Å²) < 4.78 is 5.69. The van der Waals surface area contributed by atoms with Crippen LogP contribution in [0.25, 0.3) is 0 Å². The number of halogens is 1. The lowest BCUT2D eigenvalue weighted by molar-refractivity contribution is -0.143. The summed E-state index contributed by atoms with van der Waals surface area (Å²) in [6.07, 6.45) is 1.41. The van der Waals surface area contributed by atoms with E-state index in [4.69, 9.17) is 21.4 Å². The van der Waals surface area contributed by atoms with E-state index < -0.39 is 5.97 Å². The zero-order valence-electron chi connectivity index (χ0n) is 12.6. The van der Waals surface area contributed by atoms with E-state index in [2.05, 4.69) is 4.90 Å². The van der Waals surface area contributed by atoms with Gasteiger partial charge in [-0.3, -0.25) is 9.69 Å². The molecule has 1 N–H and O–H groups in total. The van der Waals surface area contributed by atoms with E-state index in [1.165, 1.54) is 0 Å². The molecule has 21 heavy (non-hydrogen) atoms. The maximum Gasteiger partial charge on any atom is 0.306 e. The number of hydrogen-bond acceptors (Lipinski definition) is 3. The van der Waals surface area contributed by atoms with Crippen molar-refractivity contribution in [3.8, 4) is 5.75 Å². The molecule has 1 saturated heterocycles. The molecule has 5 heteroatoms. The van der Waals surface area contributed by atoms with Crippen LogP contribution >= 0.6 is 11.6 Å². The van der Waals surface area contributed by atoms with Crippen LogP contribution in [-0.4, -0.2) is 35.7 Å². The fourth-order valence-corrected chi connectivity index (χ4v) is 2.87. The average Bonchev–Trinajstić information content (AvgIpc) is 2.45. The van der Waals surface area contributed by atoms with Crippen molar-refractivity contribution in [1.29, 1.82) is 0 Å². The highest BCUT2D eigenvalue weighted by atomic mass is 35.5. The maximum absolute atomic E-state index is 11.0. The summed E-state index contributed by atoms with van der Waals surface area (Å²) in [6, 6.07) is 3.94. The first-order chi connectivity index (χ1) is 10.0. The number of carboxylic acids is 1. The van der Waals surface area contributed by atoms with Gasteiger partial charge in [0, 0.05) is 17.1 Å². The lowest BCUT2D eigenvalue weighted by atomic mass is 9.96. The minimum atomic E-state index is -0.678. The van der Waals surface area contributed by atoms with Crippen molar-refractivity contribution in [2.24, 2.45) is 5.92 Å². The fourth-order valence-electron chi connectivity index (χ4n) is 2.69. The molecule has 0 atom stereocenters. The van der Waals surface area contributed by atoms with E-state index in [0.717, 1.165) is 41.5 Å². The van der Waals surface area contributed by atoms with Gasteiger partial charge in [-0.2, -0.15) is 0 Å². The molecule has 1 aromatic rings. The third kappa shape index (κ3) is 4.11. The van der Waals surface area contributed by atoms with Gasteiger partial charge in [-0.25, -0.2) is 0 Å². The number of rotatable bonds is 5. The van der Waals surface area contributed by atoms with Gasteiger partial charge in [0.25, 0.3) is 0 Å². The number of carboxylic acid groups (broad SMARTS) is 1. The average molecular weight is 312 g/mol. The highest BCUT2D eigenvalue weighted by molar-refractivity contribution is 6.31. The molecule has 0 unspecified atom stereocenters. The van der Waals surface area contributed by atoms with Crippen LogP contribution in [0.4, 0.5) is 0 Å². The summed E-state index contributed by atoms with van der Waals surface area (Å²) in [5, 5.41) is 9.78. The third-order valence-electron chi connectivity index (χ3n) is 3.97. The van der Waals surface area contributed by atoms with E-state index >= 15 is 0 Å². The Morgan fingerprint density at radius 2 is 2.10 bits per heavy atom. The summed E-state index contributed by atoms with van der Waals surface area (Å²) in [5.41, 5.74) is 2.08. The molecule has 1 heterocycles. The van der Waals surface area contributed by atoms with Crippen molar-refractivity contribution in [1.82, 2.24) is 4.90 Å². The minimum Gasteiger partial charge on any atom is -0.494 e. The Kier molecular flexibility index (Phi) is 5.48. The number of piperidine rings is 1. The second-order valence-corrected chi connectivity index (χ2v) is 5.94. The minimum absolute atomic E-state index is 0.200. The Labute approximate surface area is 130 Å².